The average molecular weight is 1080 g/mol. The molecule has 2 aromatic carbocycles. The zero-order valence-electron chi connectivity index (χ0n) is 40.2. The fourth-order valence-electron chi connectivity index (χ4n) is 6.16. The zero-order valence-corrected chi connectivity index (χ0v) is 55.8. The van der Waals surface area contributed by atoms with Gasteiger partial charge in [-0.05, 0) is 23.8 Å². The minimum absolute atomic E-state index is 0. The van der Waals surface area contributed by atoms with Crippen LogP contribution in [0.4, 0.5) is 40.3 Å². The number of nitrogens with zero attached hydrogens (tertiary/aromatic N) is 17. The van der Waals surface area contributed by atoms with Crippen molar-refractivity contribution in [3.8, 4) is 35.4 Å². The number of carbonyl (C=O) groups is 3. The van der Waals surface area contributed by atoms with E-state index in [-0.39, 0.29) is 331 Å². The number of benzene rings is 2. The van der Waals surface area contributed by atoms with Crippen LogP contribution in [-0.2, 0) is 10.8 Å². The molecule has 0 aliphatic heterocycles. The van der Waals surface area contributed by atoms with Gasteiger partial charge in [0.1, 0.15) is 11.6 Å². The molecule has 0 radical (unpaired) electrons. The maximum absolute atomic E-state index is 13.2. The molecule has 31 heteroatoms. The van der Waals surface area contributed by atoms with E-state index in [1.807, 2.05) is 6.07 Å². The van der Waals surface area contributed by atoms with Gasteiger partial charge in [0.15, 0.2) is 34.6 Å². The molecule has 0 amide bonds. The second-order valence-electron chi connectivity index (χ2n) is 15.9. The Balaban J connectivity index is 0.00000346. The van der Waals surface area contributed by atoms with Gasteiger partial charge < -0.3 is 46.3 Å². The van der Waals surface area contributed by atoms with E-state index < -0.39 is 51.8 Å². The SMILES string of the molecule is [C-]#[N+]c1cnn(-c2ccc(C(=O)[O-])c(C(=O)[O-])c2)c1N=Nc1c(C(C)(C)C)nn(-c2nc([O-])nc(-n3nc(C(C)(C)C)c(N=Nc4c(C#N)cnn4-c4c[c-]c(C(=O)[O-])cc4)c3N)n2)c1N.[K+].[K+].[K+].[K+].[K+]. The Morgan fingerprint density at radius 3 is 1.63 bits per heavy atom. The van der Waals surface area contributed by atoms with Crippen LogP contribution in [0.15, 0.2) is 69.2 Å². The minimum atomic E-state index is -1.80. The Hall–Kier alpha value is -1.54. The number of aromatic carboxylic acids is 3. The van der Waals surface area contributed by atoms with Gasteiger partial charge in [-0.1, -0.05) is 47.6 Å². The van der Waals surface area contributed by atoms with Crippen molar-refractivity contribution in [2.75, 3.05) is 11.5 Å². The van der Waals surface area contributed by atoms with Crippen molar-refractivity contribution < 1.29 is 292 Å². The van der Waals surface area contributed by atoms with Gasteiger partial charge >= 0.3 is 257 Å². The largest absolute Gasteiger partial charge is 1.00 e. The molecule has 0 bridgehead atoms. The van der Waals surface area contributed by atoms with E-state index in [0.717, 1.165) is 32.4 Å². The van der Waals surface area contributed by atoms with E-state index >= 15 is 0 Å². The smallest absolute Gasteiger partial charge is 0.844 e. The molecule has 7 rings (SSSR count). The summed E-state index contributed by atoms with van der Waals surface area (Å²) in [4.78, 5) is 50.3. The zero-order chi connectivity index (χ0) is 48.0. The quantitative estimate of drug-likeness (QED) is 0.0690. The molecule has 0 fully saturated rings. The van der Waals surface area contributed by atoms with E-state index in [2.05, 4.69) is 66.7 Å². The summed E-state index contributed by atoms with van der Waals surface area (Å²) in [5.41, 5.74) is 10.7. The van der Waals surface area contributed by atoms with Gasteiger partial charge in [0, 0.05) is 22.0 Å². The van der Waals surface area contributed by atoms with Crippen molar-refractivity contribution in [3.63, 3.8) is 0 Å². The molecular formula is C40H30K5N19O7. The average Bonchev–Trinajstić information content (AvgIpc) is 4.04. The van der Waals surface area contributed by atoms with Crippen LogP contribution in [0.25, 0.3) is 28.1 Å². The molecule has 0 saturated carbocycles. The molecule has 5 heterocycles. The molecule has 0 spiro atoms. The van der Waals surface area contributed by atoms with E-state index in [9.17, 15) is 40.1 Å². The normalized spacial score (nSPS) is 11.0. The standard InChI is InChI=1S/C40H34N19O7.5K/c1-39(2,3)27-25(50-52-31-19(15-41)16-45-56(31)20-10-8-18(9-11-20)33(60)61)29(42)58(54-27)36-47-37(49-38(66)48-36)59-30(43)26(28(55-59)40(4,5)6)51-53-32-24(44-7)17-46-57(32)21-12-13-22(34(62)63)23(14-21)35(64)65;;;;;/h8,10-14,16-17H,42-43H2,1-6H3,(H,60,61)(H,62,63)(H,64,65)(H,47,48,49,66);;;;;/q-1;5*+1/p-4. The number of azo groups is 2. The molecule has 0 aliphatic rings. The predicted molar refractivity (Wildman–Crippen MR) is 218 cm³/mol. The van der Waals surface area contributed by atoms with E-state index in [4.69, 9.17) is 18.0 Å². The molecule has 4 N–H and O–H groups in total. The van der Waals surface area contributed by atoms with E-state index in [0.29, 0.717) is 5.69 Å². The van der Waals surface area contributed by atoms with Crippen LogP contribution in [0.1, 0.15) is 89.6 Å². The molecule has 0 aliphatic carbocycles. The van der Waals surface area contributed by atoms with Crippen LogP contribution >= 0.6 is 0 Å². The first-order valence-electron chi connectivity index (χ1n) is 18.9. The minimum Gasteiger partial charge on any atom is -0.844 e. The van der Waals surface area contributed by atoms with Crippen molar-refractivity contribution in [1.82, 2.24) is 54.1 Å². The number of nitriles is 1. The molecule has 71 heavy (non-hydrogen) atoms. The van der Waals surface area contributed by atoms with E-state index in [1.165, 1.54) is 35.1 Å². The topological polar surface area (TPSA) is 383 Å². The summed E-state index contributed by atoms with van der Waals surface area (Å²) in [6, 6.07) is 10.6. The third-order valence-corrected chi connectivity index (χ3v) is 9.33. The molecule has 0 atom stereocenters. The van der Waals surface area contributed by atoms with Crippen LogP contribution in [0.3, 0.4) is 0 Å². The van der Waals surface area contributed by atoms with E-state index in [1.54, 1.807) is 41.5 Å². The first-order chi connectivity index (χ1) is 31.1. The van der Waals surface area contributed by atoms with Crippen LogP contribution < -0.4 is 289 Å². The van der Waals surface area contributed by atoms with Gasteiger partial charge in [0.2, 0.25) is 0 Å². The summed E-state index contributed by atoms with van der Waals surface area (Å²) in [6.45, 7) is 18.4. The van der Waals surface area contributed by atoms with Gasteiger partial charge in [-0.25, -0.2) is 19.5 Å². The van der Waals surface area contributed by atoms with Crippen LogP contribution in [0.2, 0.25) is 0 Å². The van der Waals surface area contributed by atoms with Crippen molar-refractivity contribution in [2.24, 2.45) is 20.5 Å². The summed E-state index contributed by atoms with van der Waals surface area (Å²) in [5, 5.41) is 92.3. The van der Waals surface area contributed by atoms with Crippen molar-refractivity contribution in [2.45, 2.75) is 52.4 Å². The third-order valence-electron chi connectivity index (χ3n) is 9.33. The van der Waals surface area contributed by atoms with Crippen LogP contribution in [-0.4, -0.2) is 72.0 Å². The molecular weight excluding hydrogens is 1050 g/mol. The van der Waals surface area contributed by atoms with Gasteiger partial charge in [0.25, 0.3) is 17.6 Å². The number of anilines is 2. The molecule has 0 saturated heterocycles. The molecule has 7 aromatic rings. The molecule has 0 unspecified atom stereocenters. The predicted octanol–water partition coefficient (Wildman–Crippen LogP) is -13.4. The third kappa shape index (κ3) is 14.3. The summed E-state index contributed by atoms with van der Waals surface area (Å²) >= 11 is 0. The van der Waals surface area contributed by atoms with Crippen molar-refractivity contribution in [3.05, 3.63) is 99.9 Å². The number of rotatable bonds is 11. The summed E-state index contributed by atoms with van der Waals surface area (Å²) < 4.78 is 4.32. The number of aromatic nitrogens is 11. The van der Waals surface area contributed by atoms with Crippen molar-refractivity contribution in [1.29, 1.82) is 5.26 Å². The Morgan fingerprint density at radius 2 is 1.18 bits per heavy atom. The van der Waals surface area contributed by atoms with Gasteiger partial charge in [-0.3, -0.25) is 4.68 Å². The van der Waals surface area contributed by atoms with Gasteiger partial charge in [0.05, 0.1) is 54.0 Å². The summed E-state index contributed by atoms with van der Waals surface area (Å²) in [5.74, 6) is -6.46. The maximum Gasteiger partial charge on any atom is 1.00 e. The molecule has 26 nitrogen and oxygen atoms in total. The Labute approximate surface area is 615 Å². The monoisotopic (exact) mass is 1080 g/mol. The first kappa shape index (κ1) is 65.6. The van der Waals surface area contributed by atoms with Crippen LogP contribution in [0.5, 0.6) is 6.01 Å². The number of nitrogen functional groups attached to an aromatic ring is 2. The maximum atomic E-state index is 13.2. The number of hydrogen-bond donors (Lipinski definition) is 2. The van der Waals surface area contributed by atoms with Crippen molar-refractivity contribution >= 4 is 58.2 Å². The van der Waals surface area contributed by atoms with Gasteiger partial charge in [-0.2, -0.15) is 40.0 Å². The Bertz CT molecular complexity index is 3300. The number of carboxylic acid groups (broad SMARTS) is 3. The summed E-state index contributed by atoms with van der Waals surface area (Å²) in [6.07, 6.45) is 2.36. The van der Waals surface area contributed by atoms with Crippen LogP contribution in [0, 0.1) is 24.0 Å². The molecule has 332 valence electrons. The second kappa shape index (κ2) is 27.0. The fourth-order valence-corrected chi connectivity index (χ4v) is 6.16. The number of hydrogen-bond acceptors (Lipinski definition) is 21. The second-order valence-corrected chi connectivity index (χ2v) is 15.9. The Kier molecular flexibility index (Phi) is 24.9. The van der Waals surface area contributed by atoms with Gasteiger partial charge in [-0.15, -0.1) is 50.3 Å². The Morgan fingerprint density at radius 1 is 0.690 bits per heavy atom. The number of nitrogens with two attached hydrogens (primary N) is 2. The fraction of sp³-hybridized carbons (Fsp3) is 0.200. The number of carbonyl (C=O) groups excluding carboxylic acids is 3. The summed E-state index contributed by atoms with van der Waals surface area (Å²) in [7, 11) is 0. The number of carboxylic acids is 3. The molecule has 5 aromatic heterocycles. The first-order valence-corrected chi connectivity index (χ1v) is 18.9.